The topological polar surface area (TPSA) is 30.5 Å². The Balaban J connectivity index is 2.22. The molecule has 108 valence electrons. The first-order chi connectivity index (χ1) is 9.08. The molecule has 0 bridgehead atoms. The zero-order valence-corrected chi connectivity index (χ0v) is 11.4. The van der Waals surface area contributed by atoms with Gasteiger partial charge >= 0.3 is 0 Å². The van der Waals surface area contributed by atoms with Crippen molar-refractivity contribution in [2.45, 2.75) is 32.9 Å². The van der Waals surface area contributed by atoms with E-state index in [0.717, 1.165) is 11.3 Å². The van der Waals surface area contributed by atoms with Gasteiger partial charge in [0.15, 0.2) is 0 Å². The molecule has 0 fully saturated rings. The fraction of sp³-hybridized carbons (Fsp3) is 0.571. The minimum Gasteiger partial charge on any atom is -0.491 e. The molecule has 0 saturated heterocycles. The van der Waals surface area contributed by atoms with Crippen LogP contribution in [0.4, 0.5) is 8.78 Å². The molecule has 1 aromatic rings. The molecule has 0 radical (unpaired) electrons. The van der Waals surface area contributed by atoms with Crippen LogP contribution in [0.3, 0.4) is 0 Å². The van der Waals surface area contributed by atoms with E-state index in [0.29, 0.717) is 13.1 Å². The summed E-state index contributed by atoms with van der Waals surface area (Å²) in [4.78, 5) is 0. The standard InChI is InChI=1S/C14H21F2NO2/c1-11(2)19-13-5-3-4-12(8-13)9-17-6-7-18-10-14(15)16/h3-5,8,11,14,17H,6-7,9-10H2,1-2H3. The van der Waals surface area contributed by atoms with Crippen molar-refractivity contribution in [3.63, 3.8) is 0 Å². The third-order valence-corrected chi connectivity index (χ3v) is 2.27. The number of hydrogen-bond donors (Lipinski definition) is 1. The summed E-state index contributed by atoms with van der Waals surface area (Å²) in [7, 11) is 0. The van der Waals surface area contributed by atoms with Crippen LogP contribution in [0.2, 0.25) is 0 Å². The average Bonchev–Trinajstić information content (AvgIpc) is 2.33. The number of rotatable bonds is 9. The van der Waals surface area contributed by atoms with Gasteiger partial charge in [-0.2, -0.15) is 0 Å². The van der Waals surface area contributed by atoms with Crippen LogP contribution in [0.15, 0.2) is 24.3 Å². The average molecular weight is 273 g/mol. The highest BCUT2D eigenvalue weighted by Gasteiger charge is 2.01. The van der Waals surface area contributed by atoms with E-state index in [-0.39, 0.29) is 12.7 Å². The lowest BCUT2D eigenvalue weighted by atomic mass is 10.2. The zero-order valence-electron chi connectivity index (χ0n) is 11.4. The second kappa shape index (κ2) is 8.82. The summed E-state index contributed by atoms with van der Waals surface area (Å²) < 4.78 is 34.0. The Hall–Kier alpha value is -1.20. The van der Waals surface area contributed by atoms with Gasteiger partial charge in [0.25, 0.3) is 6.43 Å². The third-order valence-electron chi connectivity index (χ3n) is 2.27. The van der Waals surface area contributed by atoms with E-state index in [4.69, 9.17) is 9.47 Å². The van der Waals surface area contributed by atoms with Crippen molar-refractivity contribution >= 4 is 0 Å². The van der Waals surface area contributed by atoms with Crippen LogP contribution < -0.4 is 10.1 Å². The summed E-state index contributed by atoms with van der Waals surface area (Å²) in [6, 6.07) is 7.80. The molecule has 1 aromatic carbocycles. The SMILES string of the molecule is CC(C)Oc1cccc(CNCCOCC(F)F)c1. The predicted octanol–water partition coefficient (Wildman–Crippen LogP) is 2.85. The van der Waals surface area contributed by atoms with Crippen LogP contribution in [-0.2, 0) is 11.3 Å². The Morgan fingerprint density at radius 1 is 1.26 bits per heavy atom. The summed E-state index contributed by atoms with van der Waals surface area (Å²) in [5.74, 6) is 0.836. The Bertz CT molecular complexity index is 359. The van der Waals surface area contributed by atoms with Crippen LogP contribution in [0.1, 0.15) is 19.4 Å². The molecule has 19 heavy (non-hydrogen) atoms. The second-order valence-electron chi connectivity index (χ2n) is 4.46. The molecule has 0 unspecified atom stereocenters. The van der Waals surface area contributed by atoms with E-state index in [1.165, 1.54) is 0 Å². The van der Waals surface area contributed by atoms with Gasteiger partial charge < -0.3 is 14.8 Å². The fourth-order valence-electron chi connectivity index (χ4n) is 1.55. The first-order valence-electron chi connectivity index (χ1n) is 6.40. The van der Waals surface area contributed by atoms with Gasteiger partial charge in [0, 0.05) is 13.1 Å². The van der Waals surface area contributed by atoms with Crippen molar-refractivity contribution < 1.29 is 18.3 Å². The van der Waals surface area contributed by atoms with Gasteiger partial charge in [-0.1, -0.05) is 12.1 Å². The Morgan fingerprint density at radius 2 is 2.05 bits per heavy atom. The molecular weight excluding hydrogens is 252 g/mol. The van der Waals surface area contributed by atoms with Gasteiger partial charge in [-0.3, -0.25) is 0 Å². The van der Waals surface area contributed by atoms with Crippen LogP contribution >= 0.6 is 0 Å². The van der Waals surface area contributed by atoms with Crippen LogP contribution in [0, 0.1) is 0 Å². The van der Waals surface area contributed by atoms with Crippen molar-refractivity contribution in [3.8, 4) is 5.75 Å². The van der Waals surface area contributed by atoms with E-state index in [2.05, 4.69) is 5.32 Å². The van der Waals surface area contributed by atoms with Crippen molar-refractivity contribution in [1.82, 2.24) is 5.32 Å². The molecule has 5 heteroatoms. The number of alkyl halides is 2. The first kappa shape index (κ1) is 15.9. The van der Waals surface area contributed by atoms with E-state index in [1.54, 1.807) is 0 Å². The third kappa shape index (κ3) is 7.74. The smallest absolute Gasteiger partial charge is 0.261 e. The molecule has 0 spiro atoms. The highest BCUT2D eigenvalue weighted by atomic mass is 19.3. The predicted molar refractivity (Wildman–Crippen MR) is 70.7 cm³/mol. The molecule has 1 rings (SSSR count). The molecule has 0 atom stereocenters. The normalized spacial score (nSPS) is 11.3. The first-order valence-corrected chi connectivity index (χ1v) is 6.40. The number of ether oxygens (including phenoxy) is 2. The van der Waals surface area contributed by atoms with Crippen LogP contribution in [-0.4, -0.2) is 32.3 Å². The highest BCUT2D eigenvalue weighted by molar-refractivity contribution is 5.28. The quantitative estimate of drug-likeness (QED) is 0.702. The maximum atomic E-state index is 11.8. The Labute approximate surface area is 112 Å². The fourth-order valence-corrected chi connectivity index (χ4v) is 1.55. The van der Waals surface area contributed by atoms with E-state index < -0.39 is 13.0 Å². The molecular formula is C14H21F2NO2. The van der Waals surface area contributed by atoms with Gasteiger partial charge in [-0.25, -0.2) is 8.78 Å². The monoisotopic (exact) mass is 273 g/mol. The van der Waals surface area contributed by atoms with Crippen molar-refractivity contribution in [1.29, 1.82) is 0 Å². The molecule has 1 N–H and O–H groups in total. The van der Waals surface area contributed by atoms with Crippen molar-refractivity contribution in [3.05, 3.63) is 29.8 Å². The zero-order chi connectivity index (χ0) is 14.1. The number of benzene rings is 1. The van der Waals surface area contributed by atoms with Gasteiger partial charge in [0.1, 0.15) is 12.4 Å². The Morgan fingerprint density at radius 3 is 2.74 bits per heavy atom. The molecule has 0 heterocycles. The minimum atomic E-state index is -2.40. The molecule has 0 aliphatic rings. The summed E-state index contributed by atoms with van der Waals surface area (Å²) in [5.41, 5.74) is 1.09. The Kier molecular flexibility index (Phi) is 7.36. The van der Waals surface area contributed by atoms with E-state index in [9.17, 15) is 8.78 Å². The lowest BCUT2D eigenvalue weighted by Crippen LogP contribution is -2.20. The maximum Gasteiger partial charge on any atom is 0.261 e. The number of nitrogens with one attached hydrogen (secondary N) is 1. The van der Waals surface area contributed by atoms with Gasteiger partial charge in [0.05, 0.1) is 12.7 Å². The molecule has 0 aliphatic heterocycles. The van der Waals surface area contributed by atoms with Gasteiger partial charge in [-0.05, 0) is 31.5 Å². The minimum absolute atomic E-state index is 0.144. The molecule has 0 aromatic heterocycles. The lowest BCUT2D eigenvalue weighted by Gasteiger charge is -2.11. The summed E-state index contributed by atoms with van der Waals surface area (Å²) in [5, 5.41) is 3.13. The van der Waals surface area contributed by atoms with Crippen molar-refractivity contribution in [2.24, 2.45) is 0 Å². The summed E-state index contributed by atoms with van der Waals surface area (Å²) >= 11 is 0. The van der Waals surface area contributed by atoms with Gasteiger partial charge in [0.2, 0.25) is 0 Å². The molecule has 0 amide bonds. The van der Waals surface area contributed by atoms with Crippen LogP contribution in [0.25, 0.3) is 0 Å². The number of hydrogen-bond acceptors (Lipinski definition) is 3. The largest absolute Gasteiger partial charge is 0.491 e. The second-order valence-corrected chi connectivity index (χ2v) is 4.46. The molecule has 3 nitrogen and oxygen atoms in total. The number of halogens is 2. The molecule has 0 aliphatic carbocycles. The van der Waals surface area contributed by atoms with E-state index >= 15 is 0 Å². The maximum absolute atomic E-state index is 11.8. The van der Waals surface area contributed by atoms with Crippen LogP contribution in [0.5, 0.6) is 5.75 Å². The summed E-state index contributed by atoms with van der Waals surface area (Å²) in [6.45, 7) is 4.94. The van der Waals surface area contributed by atoms with Crippen molar-refractivity contribution in [2.75, 3.05) is 19.8 Å². The molecule has 0 saturated carbocycles. The lowest BCUT2D eigenvalue weighted by molar-refractivity contribution is 0.0187. The summed E-state index contributed by atoms with van der Waals surface area (Å²) in [6.07, 6.45) is -2.25. The highest BCUT2D eigenvalue weighted by Crippen LogP contribution is 2.14. The van der Waals surface area contributed by atoms with Gasteiger partial charge in [-0.15, -0.1) is 0 Å². The van der Waals surface area contributed by atoms with E-state index in [1.807, 2.05) is 38.1 Å².